The highest BCUT2D eigenvalue weighted by Crippen LogP contribution is 2.25. The van der Waals surface area contributed by atoms with Crippen LogP contribution in [0.3, 0.4) is 0 Å². The zero-order valence-corrected chi connectivity index (χ0v) is 14.6. The number of hydrogen-bond donors (Lipinski definition) is 0. The van der Waals surface area contributed by atoms with Crippen LogP contribution in [0.4, 0.5) is 0 Å². The molecule has 0 spiro atoms. The van der Waals surface area contributed by atoms with Crippen LogP contribution in [0.5, 0.6) is 0 Å². The number of benzene rings is 1. The molecule has 1 aliphatic heterocycles. The highest BCUT2D eigenvalue weighted by atomic mass is 16.7. The van der Waals surface area contributed by atoms with Crippen LogP contribution in [0.25, 0.3) is 0 Å². The van der Waals surface area contributed by atoms with Crippen LogP contribution in [-0.2, 0) is 16.2 Å². The van der Waals surface area contributed by atoms with Gasteiger partial charge in [-0.3, -0.25) is 9.63 Å². The maximum absolute atomic E-state index is 11.9. The summed E-state index contributed by atoms with van der Waals surface area (Å²) in [6.07, 6.45) is 6.92. The van der Waals surface area contributed by atoms with E-state index in [2.05, 4.69) is 20.4 Å². The number of amides is 1. The lowest BCUT2D eigenvalue weighted by Gasteiger charge is -2.37. The Bertz CT molecular complexity index is 508. The molecule has 2 rings (SSSR count). The topological polar surface area (TPSA) is 29.5 Å². The Morgan fingerprint density at radius 3 is 2.52 bits per heavy atom. The Hall–Kier alpha value is -1.87. The van der Waals surface area contributed by atoms with Gasteiger partial charge >= 0.3 is 0 Å². The second-order valence-electron chi connectivity index (χ2n) is 5.67. The van der Waals surface area contributed by atoms with Crippen LogP contribution >= 0.6 is 0 Å². The van der Waals surface area contributed by atoms with E-state index in [-0.39, 0.29) is 11.8 Å². The summed E-state index contributed by atoms with van der Waals surface area (Å²) in [5.74, 6) is 0.195. The summed E-state index contributed by atoms with van der Waals surface area (Å²) in [6, 6.07) is 9.88. The molecule has 1 aromatic carbocycles. The molecule has 0 bridgehead atoms. The van der Waals surface area contributed by atoms with E-state index in [1.165, 1.54) is 17.1 Å². The molecule has 1 amide bonds. The molecule has 23 heavy (non-hydrogen) atoms. The van der Waals surface area contributed by atoms with E-state index in [1.807, 2.05) is 49.4 Å². The van der Waals surface area contributed by atoms with Crippen molar-refractivity contribution in [2.45, 2.75) is 46.6 Å². The predicted octanol–water partition coefficient (Wildman–Crippen LogP) is 4.91. The number of hydroxylamine groups is 2. The molecule has 1 aromatic rings. The molecular formula is C20H29NO2. The molecule has 0 unspecified atom stereocenters. The zero-order chi connectivity index (χ0) is 17.1. The molecular weight excluding hydrogens is 286 g/mol. The number of hydrogen-bond acceptors (Lipinski definition) is 2. The Kier molecular flexibility index (Phi) is 9.00. The van der Waals surface area contributed by atoms with E-state index in [9.17, 15) is 4.79 Å². The molecule has 0 N–H and O–H groups in total. The van der Waals surface area contributed by atoms with Gasteiger partial charge in [-0.2, -0.15) is 0 Å². The summed E-state index contributed by atoms with van der Waals surface area (Å²) in [6.45, 7) is 11.2. The number of allylic oxidation sites excluding steroid dienone is 3. The molecule has 0 saturated carbocycles. The molecule has 1 aliphatic rings. The molecule has 126 valence electrons. The van der Waals surface area contributed by atoms with Gasteiger partial charge in [0.05, 0.1) is 12.5 Å². The average Bonchev–Trinajstić information content (AvgIpc) is 2.58. The minimum atomic E-state index is 0.0976. The van der Waals surface area contributed by atoms with Gasteiger partial charge in [-0.25, -0.2) is 5.06 Å². The van der Waals surface area contributed by atoms with Crippen LogP contribution in [0, 0.1) is 5.92 Å². The van der Waals surface area contributed by atoms with E-state index in [4.69, 9.17) is 4.84 Å². The summed E-state index contributed by atoms with van der Waals surface area (Å²) in [5, 5.41) is 1.47. The molecule has 1 atom stereocenters. The van der Waals surface area contributed by atoms with Crippen molar-refractivity contribution in [3.63, 3.8) is 0 Å². The first-order valence-electron chi connectivity index (χ1n) is 8.42. The summed E-state index contributed by atoms with van der Waals surface area (Å²) < 4.78 is 0. The maximum Gasteiger partial charge on any atom is 0.251 e. The highest BCUT2D eigenvalue weighted by Gasteiger charge is 2.37. The Morgan fingerprint density at radius 2 is 2.00 bits per heavy atom. The smallest absolute Gasteiger partial charge is 0.251 e. The second kappa shape index (κ2) is 10.8. The zero-order valence-electron chi connectivity index (χ0n) is 14.6. The van der Waals surface area contributed by atoms with Gasteiger partial charge in [0, 0.05) is 0 Å². The number of rotatable bonds is 7. The van der Waals surface area contributed by atoms with E-state index in [0.717, 1.165) is 18.4 Å². The third kappa shape index (κ3) is 6.41. The van der Waals surface area contributed by atoms with E-state index in [0.29, 0.717) is 13.2 Å². The van der Waals surface area contributed by atoms with E-state index < -0.39 is 0 Å². The number of nitrogens with zero attached hydrogens (tertiary/aromatic N) is 1. The van der Waals surface area contributed by atoms with Crippen LogP contribution < -0.4 is 0 Å². The largest absolute Gasteiger partial charge is 0.272 e. The quantitative estimate of drug-likeness (QED) is 0.529. The maximum atomic E-state index is 11.9. The highest BCUT2D eigenvalue weighted by molar-refractivity contribution is 5.83. The first-order valence-corrected chi connectivity index (χ1v) is 8.42. The van der Waals surface area contributed by atoms with Crippen molar-refractivity contribution >= 4 is 5.91 Å². The molecule has 3 nitrogen and oxygen atoms in total. The lowest BCUT2D eigenvalue weighted by molar-refractivity contribution is -0.226. The van der Waals surface area contributed by atoms with Crippen LogP contribution in [0.1, 0.15) is 45.6 Å². The van der Waals surface area contributed by atoms with Crippen LogP contribution in [-0.4, -0.2) is 17.5 Å². The summed E-state index contributed by atoms with van der Waals surface area (Å²) >= 11 is 0. The Morgan fingerprint density at radius 1 is 1.35 bits per heavy atom. The van der Waals surface area contributed by atoms with Gasteiger partial charge in [0.25, 0.3) is 5.91 Å². The van der Waals surface area contributed by atoms with Gasteiger partial charge in [0.1, 0.15) is 6.61 Å². The standard InChI is InChI=1S/C17H21NO2.C3H8/c1-3-14(4-2)10-11-16-12-18(17(16)19)20-13-15-8-6-5-7-9-15;1-3-2/h3-9,16H,1,10-13H2,2H3;3H2,1-2H3/b14-4+;/t16-;/m1./s1. The number of β-lactam (4-membered cyclic amide) rings is 1. The molecule has 1 saturated heterocycles. The van der Waals surface area contributed by atoms with Crippen LogP contribution in [0.15, 0.2) is 54.6 Å². The lowest BCUT2D eigenvalue weighted by Crippen LogP contribution is -2.51. The second-order valence-corrected chi connectivity index (χ2v) is 5.67. The summed E-state index contributed by atoms with van der Waals surface area (Å²) in [4.78, 5) is 17.4. The molecule has 3 heteroatoms. The predicted molar refractivity (Wildman–Crippen MR) is 95.6 cm³/mol. The van der Waals surface area contributed by atoms with Crippen molar-refractivity contribution in [3.8, 4) is 0 Å². The van der Waals surface area contributed by atoms with E-state index in [1.54, 1.807) is 0 Å². The summed E-state index contributed by atoms with van der Waals surface area (Å²) in [7, 11) is 0. The fourth-order valence-corrected chi connectivity index (χ4v) is 2.22. The Balaban J connectivity index is 0.000000816. The van der Waals surface area contributed by atoms with Crippen molar-refractivity contribution in [1.29, 1.82) is 0 Å². The Labute approximate surface area is 140 Å². The lowest BCUT2D eigenvalue weighted by atomic mass is 9.93. The number of carbonyl (C=O) groups excluding carboxylic acids is 1. The molecule has 0 aliphatic carbocycles. The van der Waals surface area contributed by atoms with Crippen molar-refractivity contribution in [2.75, 3.05) is 6.54 Å². The fraction of sp³-hybridized carbons (Fsp3) is 0.450. The monoisotopic (exact) mass is 315 g/mol. The molecule has 1 heterocycles. The first-order chi connectivity index (χ1) is 11.2. The van der Waals surface area contributed by atoms with Crippen molar-refractivity contribution in [2.24, 2.45) is 5.92 Å². The van der Waals surface area contributed by atoms with Gasteiger partial charge < -0.3 is 0 Å². The fourth-order valence-electron chi connectivity index (χ4n) is 2.22. The van der Waals surface area contributed by atoms with Crippen molar-refractivity contribution in [3.05, 3.63) is 60.2 Å². The normalized spacial score (nSPS) is 17.2. The van der Waals surface area contributed by atoms with Gasteiger partial charge in [-0.15, -0.1) is 0 Å². The average molecular weight is 315 g/mol. The third-order valence-electron chi connectivity index (χ3n) is 3.63. The minimum absolute atomic E-state index is 0.0976. The number of carbonyl (C=O) groups is 1. The van der Waals surface area contributed by atoms with Crippen LogP contribution in [0.2, 0.25) is 0 Å². The van der Waals surface area contributed by atoms with Gasteiger partial charge in [0.15, 0.2) is 0 Å². The van der Waals surface area contributed by atoms with Crippen molar-refractivity contribution in [1.82, 2.24) is 5.06 Å². The third-order valence-corrected chi connectivity index (χ3v) is 3.63. The van der Waals surface area contributed by atoms with Gasteiger partial charge in [-0.1, -0.05) is 74.9 Å². The SMILES string of the molecule is C=C/C(=C\C)CC[C@@H]1CN(OCc2ccccc2)C1=O.CCC. The minimum Gasteiger partial charge on any atom is -0.272 e. The van der Waals surface area contributed by atoms with Gasteiger partial charge in [-0.05, 0) is 25.3 Å². The first kappa shape index (κ1) is 19.2. The summed E-state index contributed by atoms with van der Waals surface area (Å²) in [5.41, 5.74) is 2.27. The molecule has 0 aromatic heterocycles. The molecule has 0 radical (unpaired) electrons. The molecule has 1 fully saturated rings. The van der Waals surface area contributed by atoms with E-state index >= 15 is 0 Å². The van der Waals surface area contributed by atoms with Gasteiger partial charge in [0.2, 0.25) is 0 Å². The van der Waals surface area contributed by atoms with Crippen molar-refractivity contribution < 1.29 is 9.63 Å².